The average molecular weight is 802 g/mol. The zero-order chi connectivity index (χ0) is 39.6. The molecule has 0 aliphatic heterocycles. The Balaban J connectivity index is 0.000000177. The summed E-state index contributed by atoms with van der Waals surface area (Å²) < 4.78 is 0. The van der Waals surface area contributed by atoms with E-state index < -0.39 is 0 Å². The Morgan fingerprint density at radius 3 is 1.81 bits per heavy atom. The number of hydrogen-bond acceptors (Lipinski definition) is 11. The van der Waals surface area contributed by atoms with Crippen molar-refractivity contribution >= 4 is 44.3 Å². The van der Waals surface area contributed by atoms with E-state index in [9.17, 15) is 0 Å². The van der Waals surface area contributed by atoms with Crippen molar-refractivity contribution in [1.82, 2.24) is 35.1 Å². The summed E-state index contributed by atoms with van der Waals surface area (Å²) in [5, 5.41) is 14.1. The van der Waals surface area contributed by atoms with Crippen LogP contribution in [0.25, 0.3) is 21.7 Å². The first-order chi connectivity index (χ1) is 28.6. The van der Waals surface area contributed by atoms with Crippen LogP contribution in [0.3, 0.4) is 0 Å². The monoisotopic (exact) mass is 801 g/mol. The Kier molecular flexibility index (Phi) is 14.8. The van der Waals surface area contributed by atoms with Crippen LogP contribution in [0.1, 0.15) is 22.3 Å². The molecule has 5 heterocycles. The van der Waals surface area contributed by atoms with Gasteiger partial charge in [0.1, 0.15) is 0 Å². The van der Waals surface area contributed by atoms with Crippen LogP contribution in [0.4, 0.5) is 21.6 Å². The number of aromatic nitrogens is 5. The molecule has 0 saturated heterocycles. The maximum absolute atomic E-state index is 4.66. The van der Waals surface area contributed by atoms with E-state index in [1.54, 1.807) is 35.1 Å². The quantitative estimate of drug-likeness (QED) is 0.0777. The fraction of sp³-hybridized carbons (Fsp3) is 0.170. The number of hydrogen-bond donors (Lipinski definition) is 3. The summed E-state index contributed by atoms with van der Waals surface area (Å²) in [7, 11) is 2.18. The minimum atomic E-state index is 0.885. The Labute approximate surface area is 349 Å². The van der Waals surface area contributed by atoms with E-state index >= 15 is 0 Å². The molecule has 3 aromatic carbocycles. The lowest BCUT2D eigenvalue weighted by atomic mass is 10.1. The molecule has 292 valence electrons. The number of likely N-dealkylation sites (N-methyl/N-ethyl adjacent to an activating group) is 1. The molecule has 0 atom stereocenters. The standard InChI is InChI=1S/C24H25N5S.C23H22N4S/c1-29(15-11-20-4-2-12-25-16-20)14-10-19-6-8-22(9-7-19)27-24-28-23(18-30-24)21-5-3-13-26-17-21;1-2-5-19(6-3-1)15-25-14-12-18-8-10-21(11-9-18)27-23-26-17-22(28-23)20-7-4-13-24-16-20/h2-9,12-13,16-18H,10-11,14-15H2,1H3,(H,27,28);1-11,13,16-17,25H,12,14-15H2,(H,26,27). The Hall–Kier alpha value is -6.11. The number of pyridine rings is 3. The Morgan fingerprint density at radius 2 is 1.16 bits per heavy atom. The lowest BCUT2D eigenvalue weighted by Crippen LogP contribution is -2.23. The zero-order valence-electron chi connectivity index (χ0n) is 32.5. The largest absolute Gasteiger partial charge is 0.332 e. The molecule has 0 saturated carbocycles. The average Bonchev–Trinajstić information content (AvgIpc) is 3.97. The molecule has 8 aromatic rings. The highest BCUT2D eigenvalue weighted by Gasteiger charge is 2.07. The molecule has 0 amide bonds. The summed E-state index contributed by atoms with van der Waals surface area (Å²) in [5.74, 6) is 0. The molecular weight excluding hydrogens is 755 g/mol. The van der Waals surface area contributed by atoms with Crippen LogP contribution in [0.5, 0.6) is 0 Å². The van der Waals surface area contributed by atoms with Crippen LogP contribution in [0.2, 0.25) is 0 Å². The van der Waals surface area contributed by atoms with Crippen LogP contribution in [0.15, 0.2) is 164 Å². The van der Waals surface area contributed by atoms with Crippen LogP contribution < -0.4 is 16.0 Å². The van der Waals surface area contributed by atoms with Gasteiger partial charge in [0.15, 0.2) is 10.3 Å². The van der Waals surface area contributed by atoms with Crippen LogP contribution >= 0.6 is 22.7 Å². The third-order valence-electron chi connectivity index (χ3n) is 9.37. The Morgan fingerprint density at radius 1 is 0.552 bits per heavy atom. The van der Waals surface area contributed by atoms with Gasteiger partial charge in [-0.25, -0.2) is 9.97 Å². The summed E-state index contributed by atoms with van der Waals surface area (Å²) in [6, 6.07) is 39.7. The van der Waals surface area contributed by atoms with Gasteiger partial charge >= 0.3 is 0 Å². The first kappa shape index (κ1) is 40.1. The van der Waals surface area contributed by atoms with Crippen molar-refractivity contribution < 1.29 is 0 Å². The molecule has 0 spiro atoms. The second kappa shape index (κ2) is 21.4. The van der Waals surface area contributed by atoms with Gasteiger partial charge in [0.2, 0.25) is 0 Å². The Bertz CT molecular complexity index is 2350. The molecule has 0 unspecified atom stereocenters. The fourth-order valence-electron chi connectivity index (χ4n) is 6.07. The molecule has 0 radical (unpaired) electrons. The summed E-state index contributed by atoms with van der Waals surface area (Å²) in [5.41, 5.74) is 10.4. The first-order valence-electron chi connectivity index (χ1n) is 19.4. The van der Waals surface area contributed by atoms with E-state index in [4.69, 9.17) is 0 Å². The highest BCUT2D eigenvalue weighted by molar-refractivity contribution is 7.19. The zero-order valence-corrected chi connectivity index (χ0v) is 34.2. The number of nitrogens with one attached hydrogen (secondary N) is 3. The summed E-state index contributed by atoms with van der Waals surface area (Å²) >= 11 is 3.23. The maximum atomic E-state index is 4.66. The molecule has 8 rings (SSSR count). The number of anilines is 4. The first-order valence-corrected chi connectivity index (χ1v) is 21.1. The van der Waals surface area contributed by atoms with Gasteiger partial charge < -0.3 is 20.9 Å². The van der Waals surface area contributed by atoms with Crippen molar-refractivity contribution in [2.24, 2.45) is 0 Å². The van der Waals surface area contributed by atoms with Gasteiger partial charge in [0, 0.05) is 90.9 Å². The number of thiazole rings is 2. The van der Waals surface area contributed by atoms with E-state index in [1.807, 2.05) is 67.4 Å². The van der Waals surface area contributed by atoms with Crippen molar-refractivity contribution in [3.8, 4) is 21.7 Å². The minimum absolute atomic E-state index is 0.885. The molecular formula is C47H47N9S2. The molecule has 9 nitrogen and oxygen atoms in total. The second-order valence-electron chi connectivity index (χ2n) is 13.8. The van der Waals surface area contributed by atoms with Gasteiger partial charge in [-0.3, -0.25) is 15.0 Å². The van der Waals surface area contributed by atoms with Gasteiger partial charge in [-0.15, -0.1) is 11.3 Å². The van der Waals surface area contributed by atoms with Crippen LogP contribution in [0, 0.1) is 0 Å². The third kappa shape index (κ3) is 12.7. The highest BCUT2D eigenvalue weighted by atomic mass is 32.1. The van der Waals surface area contributed by atoms with Crippen molar-refractivity contribution in [2.45, 2.75) is 25.8 Å². The van der Waals surface area contributed by atoms with Crippen LogP contribution in [-0.4, -0.2) is 56.5 Å². The smallest absolute Gasteiger partial charge is 0.187 e. The van der Waals surface area contributed by atoms with E-state index in [2.05, 4.69) is 137 Å². The molecule has 0 aliphatic carbocycles. The third-order valence-corrected chi connectivity index (χ3v) is 11.1. The van der Waals surface area contributed by atoms with E-state index in [0.717, 1.165) is 88.8 Å². The van der Waals surface area contributed by atoms with Gasteiger partial charge in [-0.05, 0) is 104 Å². The lowest BCUT2D eigenvalue weighted by molar-refractivity contribution is 0.343. The lowest BCUT2D eigenvalue weighted by Gasteiger charge is -2.16. The fourth-order valence-corrected chi connectivity index (χ4v) is 7.63. The number of rotatable bonds is 17. The normalized spacial score (nSPS) is 10.9. The SMILES string of the molecule is CN(CCc1ccc(Nc2nc(-c3cccnc3)cs2)cc1)CCc1cccnc1.c1ccc(CNCCc2ccc(Nc3ncc(-c4cccnc4)s3)cc2)cc1. The molecule has 11 heteroatoms. The minimum Gasteiger partial charge on any atom is -0.332 e. The number of nitrogens with zero attached hydrogens (tertiary/aromatic N) is 6. The van der Waals surface area contributed by atoms with Crippen molar-refractivity contribution in [3.63, 3.8) is 0 Å². The summed E-state index contributed by atoms with van der Waals surface area (Å²) in [6.45, 7) is 3.94. The highest BCUT2D eigenvalue weighted by Crippen LogP contribution is 2.30. The van der Waals surface area contributed by atoms with Gasteiger partial charge in [-0.1, -0.05) is 78.1 Å². The van der Waals surface area contributed by atoms with Crippen molar-refractivity contribution in [2.75, 3.05) is 37.3 Å². The summed E-state index contributed by atoms with van der Waals surface area (Å²) in [6.07, 6.45) is 16.0. The molecule has 5 aromatic heterocycles. The van der Waals surface area contributed by atoms with Crippen LogP contribution in [-0.2, 0) is 25.8 Å². The van der Waals surface area contributed by atoms with Gasteiger partial charge in [0.25, 0.3) is 0 Å². The van der Waals surface area contributed by atoms with Crippen molar-refractivity contribution in [3.05, 3.63) is 186 Å². The molecule has 58 heavy (non-hydrogen) atoms. The maximum Gasteiger partial charge on any atom is 0.187 e. The topological polar surface area (TPSA) is 104 Å². The van der Waals surface area contributed by atoms with Crippen molar-refractivity contribution in [1.29, 1.82) is 0 Å². The van der Waals surface area contributed by atoms with Gasteiger partial charge in [0.05, 0.1) is 10.6 Å². The summed E-state index contributed by atoms with van der Waals surface area (Å²) in [4.78, 5) is 25.1. The van der Waals surface area contributed by atoms with E-state index in [1.165, 1.54) is 22.3 Å². The van der Waals surface area contributed by atoms with E-state index in [-0.39, 0.29) is 0 Å². The second-order valence-corrected chi connectivity index (χ2v) is 15.7. The molecule has 0 bridgehead atoms. The molecule has 0 aliphatic rings. The molecule has 3 N–H and O–H groups in total. The predicted molar refractivity (Wildman–Crippen MR) is 241 cm³/mol. The molecule has 0 fully saturated rings. The number of benzene rings is 3. The predicted octanol–water partition coefficient (Wildman–Crippen LogP) is 10.3. The van der Waals surface area contributed by atoms with E-state index in [0.29, 0.717) is 0 Å². The van der Waals surface area contributed by atoms with Gasteiger partial charge in [-0.2, -0.15) is 0 Å².